The molecule has 2 rings (SSSR count). The lowest BCUT2D eigenvalue weighted by molar-refractivity contribution is -0.141. The number of aliphatic hydroxyl groups is 1. The summed E-state index contributed by atoms with van der Waals surface area (Å²) in [5.41, 5.74) is 0.440. The Kier molecular flexibility index (Phi) is 4.46. The summed E-state index contributed by atoms with van der Waals surface area (Å²) >= 11 is 5.32. The highest BCUT2D eigenvalue weighted by Crippen LogP contribution is 2.25. The fourth-order valence-corrected chi connectivity index (χ4v) is 3.02. The van der Waals surface area contributed by atoms with Gasteiger partial charge in [-0.05, 0) is 40.8 Å². The number of aliphatic hydroxyl groups excluding tert-OH is 1. The van der Waals surface area contributed by atoms with Crippen LogP contribution in [0.4, 0.5) is 0 Å². The number of benzene rings is 1. The predicted molar refractivity (Wildman–Crippen MR) is 79.9 cm³/mol. The van der Waals surface area contributed by atoms with Gasteiger partial charge in [0.15, 0.2) is 0 Å². The summed E-state index contributed by atoms with van der Waals surface area (Å²) in [7, 11) is 0. The van der Waals surface area contributed by atoms with Crippen LogP contribution in [0.25, 0.3) is 0 Å². The Balaban J connectivity index is 2.33. The molecule has 0 spiro atoms. The highest BCUT2D eigenvalue weighted by atomic mass is 127. The second-order valence-corrected chi connectivity index (χ2v) is 6.40. The van der Waals surface area contributed by atoms with Crippen molar-refractivity contribution in [2.75, 3.05) is 6.54 Å². The molecule has 1 amide bonds. The second kappa shape index (κ2) is 5.76. The Labute approximate surface area is 131 Å². The minimum Gasteiger partial charge on any atom is -0.480 e. The molecule has 1 aliphatic rings. The Morgan fingerprint density at radius 1 is 1.42 bits per heavy atom. The third kappa shape index (κ3) is 3.09. The maximum atomic E-state index is 12.4. The van der Waals surface area contributed by atoms with Gasteiger partial charge in [-0.2, -0.15) is 0 Å². The summed E-state index contributed by atoms with van der Waals surface area (Å²) in [4.78, 5) is 24.8. The van der Waals surface area contributed by atoms with Crippen molar-refractivity contribution in [3.8, 4) is 0 Å². The first kappa shape index (κ1) is 14.7. The van der Waals surface area contributed by atoms with E-state index in [4.69, 9.17) is 5.11 Å². The number of amides is 1. The molecule has 5 nitrogen and oxygen atoms in total. The zero-order valence-corrected chi connectivity index (χ0v) is 13.5. The lowest BCUT2D eigenvalue weighted by atomic mass is 10.1. The maximum Gasteiger partial charge on any atom is 0.326 e. The number of aliphatic carboxylic acids is 1. The van der Waals surface area contributed by atoms with Gasteiger partial charge in [0.25, 0.3) is 5.91 Å². The highest BCUT2D eigenvalue weighted by Gasteiger charge is 2.39. The Bertz CT molecular complexity index is 536. The number of halogens is 2. The SMILES string of the molecule is O=C(O)[C@@H]1C[C@H](O)CN1C(=O)c1cc(Br)ccc1I. The van der Waals surface area contributed by atoms with Crippen LogP contribution in [0.1, 0.15) is 16.8 Å². The van der Waals surface area contributed by atoms with Crippen molar-refractivity contribution in [2.24, 2.45) is 0 Å². The van der Waals surface area contributed by atoms with E-state index in [2.05, 4.69) is 15.9 Å². The molecule has 0 aromatic heterocycles. The summed E-state index contributed by atoms with van der Waals surface area (Å²) in [6, 6.07) is 4.29. The number of carbonyl (C=O) groups is 2. The highest BCUT2D eigenvalue weighted by molar-refractivity contribution is 14.1. The monoisotopic (exact) mass is 439 g/mol. The number of carboxylic acids is 1. The van der Waals surface area contributed by atoms with Gasteiger partial charge in [-0.3, -0.25) is 4.79 Å². The molecule has 1 saturated heterocycles. The average molecular weight is 440 g/mol. The van der Waals surface area contributed by atoms with Crippen LogP contribution in [0.5, 0.6) is 0 Å². The van der Waals surface area contributed by atoms with Gasteiger partial charge >= 0.3 is 5.97 Å². The van der Waals surface area contributed by atoms with Gasteiger partial charge in [-0.25, -0.2) is 4.79 Å². The van der Waals surface area contributed by atoms with Crippen LogP contribution >= 0.6 is 38.5 Å². The van der Waals surface area contributed by atoms with Gasteiger partial charge in [-0.1, -0.05) is 15.9 Å². The topological polar surface area (TPSA) is 77.8 Å². The normalized spacial score (nSPS) is 22.6. The largest absolute Gasteiger partial charge is 0.480 e. The van der Waals surface area contributed by atoms with Gasteiger partial charge in [0.1, 0.15) is 6.04 Å². The Hall–Kier alpha value is -0.670. The molecule has 1 fully saturated rings. The van der Waals surface area contributed by atoms with Crippen molar-refractivity contribution in [3.05, 3.63) is 31.8 Å². The lowest BCUT2D eigenvalue weighted by Crippen LogP contribution is -2.40. The van der Waals surface area contributed by atoms with Crippen molar-refractivity contribution in [2.45, 2.75) is 18.6 Å². The third-order valence-electron chi connectivity index (χ3n) is 2.98. The number of hydrogen-bond donors (Lipinski definition) is 2. The Morgan fingerprint density at radius 3 is 2.74 bits per heavy atom. The van der Waals surface area contributed by atoms with E-state index >= 15 is 0 Å². The molecule has 0 aliphatic carbocycles. The predicted octanol–water partition coefficient (Wildman–Crippen LogP) is 1.71. The van der Waals surface area contributed by atoms with Crippen LogP contribution < -0.4 is 0 Å². The molecule has 7 heteroatoms. The smallest absolute Gasteiger partial charge is 0.326 e. The maximum absolute atomic E-state index is 12.4. The van der Waals surface area contributed by atoms with Crippen molar-refractivity contribution < 1.29 is 19.8 Å². The van der Waals surface area contributed by atoms with E-state index in [0.29, 0.717) is 5.56 Å². The van der Waals surface area contributed by atoms with Gasteiger partial charge in [-0.15, -0.1) is 0 Å². The van der Waals surface area contributed by atoms with Crippen LogP contribution in [0, 0.1) is 3.57 Å². The van der Waals surface area contributed by atoms with Crippen LogP contribution in [0.3, 0.4) is 0 Å². The summed E-state index contributed by atoms with van der Waals surface area (Å²) in [6.45, 7) is 0.0540. The van der Waals surface area contributed by atoms with E-state index in [1.54, 1.807) is 12.1 Å². The number of carboxylic acid groups (broad SMARTS) is 1. The minimum absolute atomic E-state index is 0.0540. The first-order valence-corrected chi connectivity index (χ1v) is 7.44. The van der Waals surface area contributed by atoms with Gasteiger partial charge < -0.3 is 15.1 Å². The first-order chi connectivity index (χ1) is 8.90. The lowest BCUT2D eigenvalue weighted by Gasteiger charge is -2.21. The minimum atomic E-state index is -1.09. The van der Waals surface area contributed by atoms with E-state index in [-0.39, 0.29) is 18.9 Å². The van der Waals surface area contributed by atoms with Crippen LogP contribution in [0.2, 0.25) is 0 Å². The Morgan fingerprint density at radius 2 is 2.11 bits per heavy atom. The number of β-amino-alcohol motifs (C(OH)–C–C–N with tert-alkyl or cyclic N) is 1. The van der Waals surface area contributed by atoms with Crippen LogP contribution in [-0.4, -0.2) is 45.7 Å². The summed E-state index contributed by atoms with van der Waals surface area (Å²) < 4.78 is 1.50. The molecule has 0 bridgehead atoms. The molecular weight excluding hydrogens is 429 g/mol. The fraction of sp³-hybridized carbons (Fsp3) is 0.333. The first-order valence-electron chi connectivity index (χ1n) is 5.57. The van der Waals surface area contributed by atoms with Crippen LogP contribution in [-0.2, 0) is 4.79 Å². The third-order valence-corrected chi connectivity index (χ3v) is 4.42. The quantitative estimate of drug-likeness (QED) is 0.688. The van der Waals surface area contributed by atoms with Crippen molar-refractivity contribution in [3.63, 3.8) is 0 Å². The molecule has 1 aliphatic heterocycles. The van der Waals surface area contributed by atoms with Crippen LogP contribution in [0.15, 0.2) is 22.7 Å². The van der Waals surface area contributed by atoms with E-state index in [1.165, 1.54) is 4.90 Å². The molecule has 1 aromatic carbocycles. The van der Waals surface area contributed by atoms with Gasteiger partial charge in [0.2, 0.25) is 0 Å². The zero-order chi connectivity index (χ0) is 14.2. The molecule has 0 saturated carbocycles. The molecule has 1 heterocycles. The van der Waals surface area contributed by atoms with E-state index in [9.17, 15) is 14.7 Å². The molecule has 0 radical (unpaired) electrons. The summed E-state index contributed by atoms with van der Waals surface area (Å²) in [5, 5.41) is 18.7. The number of nitrogens with zero attached hydrogens (tertiary/aromatic N) is 1. The molecule has 19 heavy (non-hydrogen) atoms. The molecule has 2 N–H and O–H groups in total. The zero-order valence-electron chi connectivity index (χ0n) is 9.72. The van der Waals surface area contributed by atoms with Crippen molar-refractivity contribution in [1.82, 2.24) is 4.90 Å². The molecule has 0 unspecified atom stereocenters. The van der Waals surface area contributed by atoms with Crippen molar-refractivity contribution in [1.29, 1.82) is 0 Å². The van der Waals surface area contributed by atoms with Gasteiger partial charge in [0.05, 0.1) is 11.7 Å². The van der Waals surface area contributed by atoms with E-state index in [0.717, 1.165) is 8.04 Å². The molecular formula is C12H11BrINO4. The average Bonchev–Trinajstić information content (AvgIpc) is 2.74. The van der Waals surface area contributed by atoms with E-state index in [1.807, 2.05) is 28.7 Å². The standard InChI is InChI=1S/C12H11BrINO4/c13-6-1-2-9(14)8(3-6)11(17)15-5-7(16)4-10(15)12(18)19/h1-3,7,10,16H,4-5H2,(H,18,19)/t7-,10-/m0/s1. The van der Waals surface area contributed by atoms with Crippen molar-refractivity contribution >= 4 is 50.4 Å². The summed E-state index contributed by atoms with van der Waals surface area (Å²) in [6.07, 6.45) is -0.707. The fourth-order valence-electron chi connectivity index (χ4n) is 2.09. The number of hydrogen-bond acceptors (Lipinski definition) is 3. The molecule has 2 atom stereocenters. The number of carbonyl (C=O) groups excluding carboxylic acids is 1. The summed E-state index contributed by atoms with van der Waals surface area (Å²) in [5.74, 6) is -1.45. The number of rotatable bonds is 2. The molecule has 102 valence electrons. The number of likely N-dealkylation sites (tertiary alicyclic amines) is 1. The van der Waals surface area contributed by atoms with Gasteiger partial charge in [0, 0.05) is 21.0 Å². The second-order valence-electron chi connectivity index (χ2n) is 4.33. The van der Waals surface area contributed by atoms with E-state index < -0.39 is 18.1 Å². The molecule has 1 aromatic rings.